The van der Waals surface area contributed by atoms with Crippen LogP contribution in [0.2, 0.25) is 0 Å². The van der Waals surface area contributed by atoms with Gasteiger partial charge in [0.05, 0.1) is 23.0 Å². The molecule has 0 aromatic heterocycles. The summed E-state index contributed by atoms with van der Waals surface area (Å²) in [7, 11) is -3.71. The molecule has 1 aliphatic rings. The van der Waals surface area contributed by atoms with Gasteiger partial charge >= 0.3 is 0 Å². The molecule has 0 amide bonds. The third kappa shape index (κ3) is 3.12. The first kappa shape index (κ1) is 14.9. The Morgan fingerprint density at radius 1 is 1.35 bits per heavy atom. The molecular formula is C11H15N3O5S. The van der Waals surface area contributed by atoms with Crippen LogP contribution in [0.1, 0.15) is 0 Å². The Bertz CT molecular complexity index is 587. The molecule has 0 saturated carbocycles. The monoisotopic (exact) mass is 301 g/mol. The van der Waals surface area contributed by atoms with Crippen molar-refractivity contribution in [1.82, 2.24) is 4.31 Å². The molecule has 1 saturated heterocycles. The van der Waals surface area contributed by atoms with E-state index in [2.05, 4.69) is 0 Å². The second-order valence-corrected chi connectivity index (χ2v) is 6.39. The molecule has 2 rings (SSSR count). The van der Waals surface area contributed by atoms with Crippen LogP contribution in [0.5, 0.6) is 0 Å². The summed E-state index contributed by atoms with van der Waals surface area (Å²) in [5.74, 6) is 0. The molecule has 0 spiro atoms. The van der Waals surface area contributed by atoms with E-state index in [1.165, 1.54) is 28.6 Å². The number of nitro benzene ring substituents is 1. The van der Waals surface area contributed by atoms with Crippen LogP contribution in [-0.4, -0.2) is 50.0 Å². The number of ether oxygens (including phenoxy) is 1. The molecular weight excluding hydrogens is 286 g/mol. The van der Waals surface area contributed by atoms with Gasteiger partial charge in [-0.1, -0.05) is 0 Å². The van der Waals surface area contributed by atoms with Gasteiger partial charge in [0.25, 0.3) is 5.69 Å². The molecule has 1 heterocycles. The van der Waals surface area contributed by atoms with E-state index in [1.54, 1.807) is 0 Å². The van der Waals surface area contributed by atoms with Crippen LogP contribution in [0, 0.1) is 10.1 Å². The smallest absolute Gasteiger partial charge is 0.269 e. The maximum absolute atomic E-state index is 12.4. The molecule has 20 heavy (non-hydrogen) atoms. The zero-order valence-electron chi connectivity index (χ0n) is 10.6. The average molecular weight is 301 g/mol. The SMILES string of the molecule is NC1COCCN(S(=O)(=O)c2ccc([N+](=O)[O-])cc2)C1. The summed E-state index contributed by atoms with van der Waals surface area (Å²) in [4.78, 5) is 10.00. The molecule has 1 atom stereocenters. The van der Waals surface area contributed by atoms with Crippen molar-refractivity contribution in [3.8, 4) is 0 Å². The van der Waals surface area contributed by atoms with Gasteiger partial charge in [0.15, 0.2) is 0 Å². The fraction of sp³-hybridized carbons (Fsp3) is 0.455. The van der Waals surface area contributed by atoms with Gasteiger partial charge in [-0.3, -0.25) is 10.1 Å². The summed E-state index contributed by atoms with van der Waals surface area (Å²) < 4.78 is 31.3. The summed E-state index contributed by atoms with van der Waals surface area (Å²) in [6, 6.07) is 4.41. The first-order valence-electron chi connectivity index (χ1n) is 5.99. The number of benzene rings is 1. The fourth-order valence-electron chi connectivity index (χ4n) is 1.91. The van der Waals surface area contributed by atoms with Gasteiger partial charge in [0, 0.05) is 31.3 Å². The van der Waals surface area contributed by atoms with E-state index in [4.69, 9.17) is 10.5 Å². The molecule has 0 radical (unpaired) electrons. The van der Waals surface area contributed by atoms with E-state index >= 15 is 0 Å². The van der Waals surface area contributed by atoms with Crippen LogP contribution in [0.4, 0.5) is 5.69 Å². The summed E-state index contributed by atoms with van der Waals surface area (Å²) in [6.45, 7) is 0.971. The van der Waals surface area contributed by atoms with E-state index in [0.29, 0.717) is 6.61 Å². The highest BCUT2D eigenvalue weighted by atomic mass is 32.2. The summed E-state index contributed by atoms with van der Waals surface area (Å²) in [6.07, 6.45) is 0. The molecule has 9 heteroatoms. The van der Waals surface area contributed by atoms with Crippen molar-refractivity contribution in [3.63, 3.8) is 0 Å². The van der Waals surface area contributed by atoms with Gasteiger partial charge in [0.2, 0.25) is 10.0 Å². The zero-order valence-corrected chi connectivity index (χ0v) is 11.5. The van der Waals surface area contributed by atoms with E-state index < -0.39 is 14.9 Å². The largest absolute Gasteiger partial charge is 0.378 e. The highest BCUT2D eigenvalue weighted by Crippen LogP contribution is 2.20. The topological polar surface area (TPSA) is 116 Å². The fourth-order valence-corrected chi connectivity index (χ4v) is 3.39. The van der Waals surface area contributed by atoms with E-state index in [-0.39, 0.29) is 36.3 Å². The third-order valence-corrected chi connectivity index (χ3v) is 4.82. The minimum atomic E-state index is -3.71. The van der Waals surface area contributed by atoms with E-state index in [0.717, 1.165) is 0 Å². The Balaban J connectivity index is 2.26. The van der Waals surface area contributed by atoms with Crippen LogP contribution >= 0.6 is 0 Å². The molecule has 1 unspecified atom stereocenters. The lowest BCUT2D eigenvalue weighted by Gasteiger charge is -2.21. The van der Waals surface area contributed by atoms with E-state index in [1.807, 2.05) is 0 Å². The molecule has 8 nitrogen and oxygen atoms in total. The summed E-state index contributed by atoms with van der Waals surface area (Å²) in [5.41, 5.74) is 5.59. The first-order valence-corrected chi connectivity index (χ1v) is 7.43. The lowest BCUT2D eigenvalue weighted by atomic mass is 10.3. The predicted octanol–water partition coefficient (Wildman–Crippen LogP) is -0.0570. The van der Waals surface area contributed by atoms with Gasteiger partial charge in [-0.25, -0.2) is 8.42 Å². The molecule has 1 aromatic carbocycles. The van der Waals surface area contributed by atoms with Crippen LogP contribution in [0.3, 0.4) is 0 Å². The Morgan fingerprint density at radius 3 is 2.60 bits per heavy atom. The van der Waals surface area contributed by atoms with Crippen molar-refractivity contribution in [1.29, 1.82) is 0 Å². The van der Waals surface area contributed by atoms with Gasteiger partial charge in [-0.2, -0.15) is 4.31 Å². The molecule has 1 aliphatic heterocycles. The van der Waals surface area contributed by atoms with Crippen LogP contribution in [0.25, 0.3) is 0 Å². The zero-order chi connectivity index (χ0) is 14.8. The number of nitrogens with zero attached hydrogens (tertiary/aromatic N) is 2. The first-order chi connectivity index (χ1) is 9.41. The minimum absolute atomic E-state index is 0.0113. The van der Waals surface area contributed by atoms with Gasteiger partial charge in [-0.05, 0) is 12.1 Å². The highest BCUT2D eigenvalue weighted by molar-refractivity contribution is 7.89. The molecule has 1 fully saturated rings. The van der Waals surface area contributed by atoms with E-state index in [9.17, 15) is 18.5 Å². The average Bonchev–Trinajstić information content (AvgIpc) is 2.64. The number of nitro groups is 1. The summed E-state index contributed by atoms with van der Waals surface area (Å²) >= 11 is 0. The number of nitrogens with two attached hydrogens (primary N) is 1. The number of hydrogen-bond acceptors (Lipinski definition) is 6. The van der Waals surface area contributed by atoms with Crippen molar-refractivity contribution in [3.05, 3.63) is 34.4 Å². The van der Waals surface area contributed by atoms with Gasteiger partial charge < -0.3 is 10.5 Å². The normalized spacial score (nSPS) is 21.4. The second kappa shape index (κ2) is 5.83. The Hall–Kier alpha value is -1.55. The van der Waals surface area contributed by atoms with Crippen molar-refractivity contribution in [2.75, 3.05) is 26.3 Å². The lowest BCUT2D eigenvalue weighted by Crippen LogP contribution is -2.41. The highest BCUT2D eigenvalue weighted by Gasteiger charge is 2.28. The number of rotatable bonds is 3. The maximum Gasteiger partial charge on any atom is 0.269 e. The number of hydrogen-bond donors (Lipinski definition) is 1. The van der Waals surface area contributed by atoms with Crippen molar-refractivity contribution < 1.29 is 18.1 Å². The number of non-ortho nitro benzene ring substituents is 1. The molecule has 110 valence electrons. The maximum atomic E-state index is 12.4. The minimum Gasteiger partial charge on any atom is -0.378 e. The standard InChI is InChI=1S/C11H15N3O5S/c12-9-7-13(5-6-19-8-9)20(17,18)11-3-1-10(2-4-11)14(15)16/h1-4,9H,5-8,12H2. The number of sulfonamides is 1. The van der Waals surface area contributed by atoms with Gasteiger partial charge in [0.1, 0.15) is 0 Å². The lowest BCUT2D eigenvalue weighted by molar-refractivity contribution is -0.384. The van der Waals surface area contributed by atoms with Crippen molar-refractivity contribution in [2.24, 2.45) is 5.73 Å². The Morgan fingerprint density at radius 2 is 2.00 bits per heavy atom. The quantitative estimate of drug-likeness (QED) is 0.617. The molecule has 0 aliphatic carbocycles. The molecule has 0 bridgehead atoms. The summed E-state index contributed by atoms with van der Waals surface area (Å²) in [5, 5.41) is 10.6. The van der Waals surface area contributed by atoms with Crippen LogP contribution in [-0.2, 0) is 14.8 Å². The van der Waals surface area contributed by atoms with Crippen molar-refractivity contribution >= 4 is 15.7 Å². The second-order valence-electron chi connectivity index (χ2n) is 4.45. The Kier molecular flexibility index (Phi) is 4.33. The van der Waals surface area contributed by atoms with Crippen LogP contribution < -0.4 is 5.73 Å². The molecule has 1 aromatic rings. The molecule has 2 N–H and O–H groups in total. The van der Waals surface area contributed by atoms with Crippen molar-refractivity contribution in [2.45, 2.75) is 10.9 Å². The Labute approximate surface area is 116 Å². The van der Waals surface area contributed by atoms with Gasteiger partial charge in [-0.15, -0.1) is 0 Å². The van der Waals surface area contributed by atoms with Crippen LogP contribution in [0.15, 0.2) is 29.2 Å². The predicted molar refractivity (Wildman–Crippen MR) is 70.6 cm³/mol. The third-order valence-electron chi connectivity index (χ3n) is 2.94.